The van der Waals surface area contributed by atoms with Crippen molar-refractivity contribution >= 4 is 17.6 Å². The van der Waals surface area contributed by atoms with Gasteiger partial charge >= 0.3 is 6.03 Å². The minimum absolute atomic E-state index is 0.108. The highest BCUT2D eigenvalue weighted by molar-refractivity contribution is 5.94. The first kappa shape index (κ1) is 15.3. The maximum absolute atomic E-state index is 12.3. The third-order valence-corrected chi connectivity index (χ3v) is 3.62. The molecule has 1 saturated heterocycles. The van der Waals surface area contributed by atoms with E-state index in [-0.39, 0.29) is 11.9 Å². The fraction of sp³-hybridized carbons (Fsp3) is 0.467. The van der Waals surface area contributed by atoms with Crippen LogP contribution in [0, 0.1) is 0 Å². The summed E-state index contributed by atoms with van der Waals surface area (Å²) in [4.78, 5) is 25.6. The lowest BCUT2D eigenvalue weighted by Crippen LogP contribution is -2.57. The molecule has 2 atom stereocenters. The number of carbonyl (C=O) groups is 2. The Morgan fingerprint density at radius 3 is 2.71 bits per heavy atom. The highest BCUT2D eigenvalue weighted by atomic mass is 16.3. The van der Waals surface area contributed by atoms with Crippen LogP contribution >= 0.6 is 0 Å². The number of urea groups is 1. The SMILES string of the molecule is CCC1C(=O)NCCN1C(=O)Nc1ccc(C(C)O)cc1. The van der Waals surface area contributed by atoms with Crippen molar-refractivity contribution in [2.24, 2.45) is 0 Å². The number of amides is 3. The lowest BCUT2D eigenvalue weighted by atomic mass is 10.1. The Hall–Kier alpha value is -2.08. The molecule has 0 bridgehead atoms. The van der Waals surface area contributed by atoms with Gasteiger partial charge in [-0.3, -0.25) is 4.79 Å². The molecule has 6 heteroatoms. The molecule has 2 rings (SSSR count). The second-order valence-corrected chi connectivity index (χ2v) is 5.14. The summed E-state index contributed by atoms with van der Waals surface area (Å²) in [5.74, 6) is -0.108. The van der Waals surface area contributed by atoms with Crippen molar-refractivity contribution in [2.75, 3.05) is 18.4 Å². The van der Waals surface area contributed by atoms with Crippen LogP contribution in [0.15, 0.2) is 24.3 Å². The van der Waals surface area contributed by atoms with Crippen LogP contribution in [0.1, 0.15) is 31.9 Å². The first-order valence-corrected chi connectivity index (χ1v) is 7.16. The predicted molar refractivity (Wildman–Crippen MR) is 79.9 cm³/mol. The number of aliphatic hydroxyl groups is 1. The number of carbonyl (C=O) groups excluding carboxylic acids is 2. The van der Waals surface area contributed by atoms with Crippen LogP contribution in [0.4, 0.5) is 10.5 Å². The van der Waals surface area contributed by atoms with Gasteiger partial charge < -0.3 is 20.6 Å². The van der Waals surface area contributed by atoms with Crippen molar-refractivity contribution in [1.29, 1.82) is 0 Å². The average molecular weight is 291 g/mol. The summed E-state index contributed by atoms with van der Waals surface area (Å²) < 4.78 is 0. The van der Waals surface area contributed by atoms with E-state index in [4.69, 9.17) is 0 Å². The highest BCUT2D eigenvalue weighted by Crippen LogP contribution is 2.17. The minimum Gasteiger partial charge on any atom is -0.389 e. The van der Waals surface area contributed by atoms with E-state index >= 15 is 0 Å². The number of anilines is 1. The summed E-state index contributed by atoms with van der Waals surface area (Å²) in [7, 11) is 0. The van der Waals surface area contributed by atoms with Crippen LogP contribution in [-0.4, -0.2) is 41.1 Å². The van der Waals surface area contributed by atoms with E-state index in [1.165, 1.54) is 0 Å². The number of rotatable bonds is 3. The average Bonchev–Trinajstić information content (AvgIpc) is 2.47. The lowest BCUT2D eigenvalue weighted by molar-refractivity contribution is -0.127. The fourth-order valence-electron chi connectivity index (χ4n) is 2.40. The standard InChI is InChI=1S/C15H21N3O3/c1-3-13-14(20)16-8-9-18(13)15(21)17-12-6-4-11(5-7-12)10(2)19/h4-7,10,13,19H,3,8-9H2,1-2H3,(H,16,20)(H,17,21). The minimum atomic E-state index is -0.537. The number of piperazine rings is 1. The Labute approximate surface area is 124 Å². The number of hydrogen-bond acceptors (Lipinski definition) is 3. The number of aliphatic hydroxyl groups excluding tert-OH is 1. The quantitative estimate of drug-likeness (QED) is 0.789. The van der Waals surface area contributed by atoms with Crippen molar-refractivity contribution in [2.45, 2.75) is 32.4 Å². The molecule has 1 aromatic carbocycles. The molecule has 1 fully saturated rings. The first-order valence-electron chi connectivity index (χ1n) is 7.16. The molecule has 1 aliphatic heterocycles. The van der Waals surface area contributed by atoms with Crippen LogP contribution in [0.3, 0.4) is 0 Å². The topological polar surface area (TPSA) is 81.7 Å². The van der Waals surface area contributed by atoms with Crippen molar-refractivity contribution < 1.29 is 14.7 Å². The number of benzene rings is 1. The molecule has 1 aromatic rings. The zero-order chi connectivity index (χ0) is 15.4. The van der Waals surface area contributed by atoms with Crippen LogP contribution < -0.4 is 10.6 Å². The Balaban J connectivity index is 2.04. The summed E-state index contributed by atoms with van der Waals surface area (Å²) in [6, 6.07) is 6.31. The van der Waals surface area contributed by atoms with E-state index in [2.05, 4.69) is 10.6 Å². The summed E-state index contributed by atoms with van der Waals surface area (Å²) in [6.45, 7) is 4.55. The largest absolute Gasteiger partial charge is 0.389 e. The predicted octanol–water partition coefficient (Wildman–Crippen LogP) is 1.48. The smallest absolute Gasteiger partial charge is 0.322 e. The Kier molecular flexibility index (Phi) is 4.80. The second-order valence-electron chi connectivity index (χ2n) is 5.14. The van der Waals surface area contributed by atoms with Gasteiger partial charge in [-0.2, -0.15) is 0 Å². The van der Waals surface area contributed by atoms with Gasteiger partial charge in [0.15, 0.2) is 0 Å². The molecule has 0 radical (unpaired) electrons. The van der Waals surface area contributed by atoms with Gasteiger partial charge in [-0.1, -0.05) is 19.1 Å². The van der Waals surface area contributed by atoms with E-state index in [0.717, 1.165) is 5.56 Å². The van der Waals surface area contributed by atoms with Crippen molar-refractivity contribution in [3.05, 3.63) is 29.8 Å². The second kappa shape index (κ2) is 6.58. The van der Waals surface area contributed by atoms with Gasteiger partial charge in [0.2, 0.25) is 5.91 Å². The van der Waals surface area contributed by atoms with E-state index < -0.39 is 12.1 Å². The Bertz CT molecular complexity index is 513. The van der Waals surface area contributed by atoms with Crippen LogP contribution in [0.5, 0.6) is 0 Å². The van der Waals surface area contributed by atoms with E-state index in [0.29, 0.717) is 25.2 Å². The third kappa shape index (κ3) is 3.52. The summed E-state index contributed by atoms with van der Waals surface area (Å²) >= 11 is 0. The molecule has 3 amide bonds. The molecule has 6 nitrogen and oxygen atoms in total. The molecule has 2 unspecified atom stereocenters. The molecule has 1 heterocycles. The van der Waals surface area contributed by atoms with Crippen molar-refractivity contribution in [1.82, 2.24) is 10.2 Å². The number of hydrogen-bond donors (Lipinski definition) is 3. The Morgan fingerprint density at radius 1 is 1.48 bits per heavy atom. The molecular formula is C15H21N3O3. The molecule has 0 aliphatic carbocycles. The first-order chi connectivity index (χ1) is 10.0. The van der Waals surface area contributed by atoms with E-state index in [1.807, 2.05) is 6.92 Å². The highest BCUT2D eigenvalue weighted by Gasteiger charge is 2.31. The van der Waals surface area contributed by atoms with E-state index in [9.17, 15) is 14.7 Å². The van der Waals surface area contributed by atoms with Gasteiger partial charge in [-0.05, 0) is 31.0 Å². The monoisotopic (exact) mass is 291 g/mol. The molecule has 1 aliphatic rings. The normalized spacial score (nSPS) is 19.9. The van der Waals surface area contributed by atoms with Gasteiger partial charge in [0.1, 0.15) is 6.04 Å². The zero-order valence-corrected chi connectivity index (χ0v) is 12.3. The van der Waals surface area contributed by atoms with Gasteiger partial charge in [-0.25, -0.2) is 4.79 Å². The molecule has 21 heavy (non-hydrogen) atoms. The number of nitrogens with zero attached hydrogens (tertiary/aromatic N) is 1. The van der Waals surface area contributed by atoms with Crippen LogP contribution in [0.25, 0.3) is 0 Å². The maximum Gasteiger partial charge on any atom is 0.322 e. The molecule has 0 spiro atoms. The zero-order valence-electron chi connectivity index (χ0n) is 12.3. The van der Waals surface area contributed by atoms with Crippen LogP contribution in [-0.2, 0) is 4.79 Å². The molecular weight excluding hydrogens is 270 g/mol. The lowest BCUT2D eigenvalue weighted by Gasteiger charge is -2.34. The summed E-state index contributed by atoms with van der Waals surface area (Å²) in [5, 5.41) is 15.0. The summed E-state index contributed by atoms with van der Waals surface area (Å²) in [5.41, 5.74) is 1.43. The van der Waals surface area contributed by atoms with E-state index in [1.54, 1.807) is 36.1 Å². The summed E-state index contributed by atoms with van der Waals surface area (Å²) in [6.07, 6.45) is 0.0465. The van der Waals surface area contributed by atoms with Gasteiger partial charge in [-0.15, -0.1) is 0 Å². The molecule has 0 aromatic heterocycles. The fourth-order valence-corrected chi connectivity index (χ4v) is 2.40. The van der Waals surface area contributed by atoms with Gasteiger partial charge in [0.25, 0.3) is 0 Å². The number of nitrogens with one attached hydrogen (secondary N) is 2. The van der Waals surface area contributed by atoms with Gasteiger partial charge in [0.05, 0.1) is 6.10 Å². The molecule has 114 valence electrons. The maximum atomic E-state index is 12.3. The third-order valence-electron chi connectivity index (χ3n) is 3.62. The molecule has 3 N–H and O–H groups in total. The van der Waals surface area contributed by atoms with Crippen molar-refractivity contribution in [3.63, 3.8) is 0 Å². The van der Waals surface area contributed by atoms with Crippen LogP contribution in [0.2, 0.25) is 0 Å². The van der Waals surface area contributed by atoms with Crippen molar-refractivity contribution in [3.8, 4) is 0 Å². The molecule has 0 saturated carbocycles. The Morgan fingerprint density at radius 2 is 2.14 bits per heavy atom. The van der Waals surface area contributed by atoms with Gasteiger partial charge in [0, 0.05) is 18.8 Å².